The molecule has 4 rings (SSSR count). The Labute approximate surface area is 129 Å². The molecule has 3 nitrogen and oxygen atoms in total. The molecule has 0 aliphatic heterocycles. The first-order valence-electron chi connectivity index (χ1n) is 7.50. The van der Waals surface area contributed by atoms with Crippen LogP contribution in [0.25, 0.3) is 10.9 Å². The first-order chi connectivity index (χ1) is 10.8. The number of aromatic nitrogens is 1. The molecule has 1 aromatic heterocycles. The van der Waals surface area contributed by atoms with Crippen LogP contribution in [-0.2, 0) is 10.2 Å². The van der Waals surface area contributed by atoms with Gasteiger partial charge in [0.15, 0.2) is 0 Å². The molecule has 0 radical (unpaired) electrons. The normalized spacial score (nSPS) is 15.5. The van der Waals surface area contributed by atoms with Gasteiger partial charge in [0, 0.05) is 5.39 Å². The number of carbonyl (C=O) groups excluding carboxylic acids is 1. The van der Waals surface area contributed by atoms with Gasteiger partial charge in [-0.05, 0) is 30.5 Å². The fraction of sp³-hybridized carbons (Fsp3) is 0.158. The molecule has 0 unspecified atom stereocenters. The standard InChI is InChI=1S/C19H16N2O/c22-18(19(10-11-19)15-7-2-1-3-8-15)21-16-12-14-6-4-5-9-17(14)20-13-16/h1-9,12-13H,10-11H2,(H,21,22). The van der Waals surface area contributed by atoms with E-state index in [0.717, 1.165) is 35.0 Å². The second-order valence-electron chi connectivity index (χ2n) is 5.82. The third-order valence-electron chi connectivity index (χ3n) is 4.36. The Morgan fingerprint density at radius 1 is 1.00 bits per heavy atom. The number of nitrogens with zero attached hydrogens (tertiary/aromatic N) is 1. The molecule has 22 heavy (non-hydrogen) atoms. The molecular weight excluding hydrogens is 272 g/mol. The number of rotatable bonds is 3. The monoisotopic (exact) mass is 288 g/mol. The first-order valence-corrected chi connectivity index (χ1v) is 7.50. The van der Waals surface area contributed by atoms with Crippen LogP contribution in [0.15, 0.2) is 66.9 Å². The smallest absolute Gasteiger partial charge is 0.235 e. The maximum absolute atomic E-state index is 12.7. The lowest BCUT2D eigenvalue weighted by atomic mass is 9.95. The van der Waals surface area contributed by atoms with Gasteiger partial charge in [-0.15, -0.1) is 0 Å². The maximum atomic E-state index is 12.7. The summed E-state index contributed by atoms with van der Waals surface area (Å²) in [4.78, 5) is 17.1. The quantitative estimate of drug-likeness (QED) is 0.794. The van der Waals surface area contributed by atoms with Crippen molar-refractivity contribution in [2.24, 2.45) is 0 Å². The van der Waals surface area contributed by atoms with Crippen molar-refractivity contribution in [1.82, 2.24) is 4.98 Å². The molecule has 2 aromatic carbocycles. The van der Waals surface area contributed by atoms with Crippen molar-refractivity contribution in [1.29, 1.82) is 0 Å². The molecule has 3 heteroatoms. The number of para-hydroxylation sites is 1. The number of pyridine rings is 1. The van der Waals surface area contributed by atoms with E-state index in [2.05, 4.69) is 10.3 Å². The molecular formula is C19H16N2O. The van der Waals surface area contributed by atoms with Crippen LogP contribution in [0, 0.1) is 0 Å². The minimum absolute atomic E-state index is 0.0655. The minimum atomic E-state index is -0.354. The van der Waals surface area contributed by atoms with Gasteiger partial charge in [-0.3, -0.25) is 9.78 Å². The van der Waals surface area contributed by atoms with Crippen LogP contribution in [-0.4, -0.2) is 10.9 Å². The van der Waals surface area contributed by atoms with Crippen LogP contribution in [0.4, 0.5) is 5.69 Å². The van der Waals surface area contributed by atoms with Gasteiger partial charge in [0.2, 0.25) is 5.91 Å². The van der Waals surface area contributed by atoms with Crippen LogP contribution in [0.5, 0.6) is 0 Å². The average molecular weight is 288 g/mol. The Morgan fingerprint density at radius 3 is 2.50 bits per heavy atom. The van der Waals surface area contributed by atoms with Crippen molar-refractivity contribution in [3.8, 4) is 0 Å². The largest absolute Gasteiger partial charge is 0.324 e. The van der Waals surface area contributed by atoms with Crippen molar-refractivity contribution in [3.63, 3.8) is 0 Å². The predicted octanol–water partition coefficient (Wildman–Crippen LogP) is 3.91. The number of hydrogen-bond acceptors (Lipinski definition) is 2. The van der Waals surface area contributed by atoms with Gasteiger partial charge in [-0.1, -0.05) is 48.5 Å². The third-order valence-corrected chi connectivity index (χ3v) is 4.36. The van der Waals surface area contributed by atoms with Crippen molar-refractivity contribution >= 4 is 22.5 Å². The van der Waals surface area contributed by atoms with Gasteiger partial charge in [0.05, 0.1) is 22.8 Å². The summed E-state index contributed by atoms with van der Waals surface area (Å²) in [6.45, 7) is 0. The number of anilines is 1. The lowest BCUT2D eigenvalue weighted by Crippen LogP contribution is -2.27. The Kier molecular flexibility index (Phi) is 2.93. The lowest BCUT2D eigenvalue weighted by molar-refractivity contribution is -0.118. The van der Waals surface area contributed by atoms with Crippen LogP contribution >= 0.6 is 0 Å². The van der Waals surface area contributed by atoms with E-state index in [4.69, 9.17) is 0 Å². The highest BCUT2D eigenvalue weighted by Crippen LogP contribution is 2.48. The molecule has 1 aliphatic carbocycles. The van der Waals surface area contributed by atoms with Gasteiger partial charge in [0.1, 0.15) is 0 Å². The number of nitrogens with one attached hydrogen (secondary N) is 1. The Bertz CT molecular complexity index is 838. The lowest BCUT2D eigenvalue weighted by Gasteiger charge is -2.15. The number of amides is 1. The topological polar surface area (TPSA) is 42.0 Å². The summed E-state index contributed by atoms with van der Waals surface area (Å²) in [7, 11) is 0. The number of benzene rings is 2. The number of hydrogen-bond donors (Lipinski definition) is 1. The number of fused-ring (bicyclic) bond motifs is 1. The van der Waals surface area contributed by atoms with Gasteiger partial charge in [-0.25, -0.2) is 0 Å². The highest BCUT2D eigenvalue weighted by atomic mass is 16.2. The van der Waals surface area contributed by atoms with Crippen LogP contribution in [0.1, 0.15) is 18.4 Å². The molecule has 1 fully saturated rings. The van der Waals surface area contributed by atoms with Crippen molar-refractivity contribution in [2.45, 2.75) is 18.3 Å². The molecule has 1 aliphatic rings. The van der Waals surface area contributed by atoms with E-state index in [-0.39, 0.29) is 11.3 Å². The van der Waals surface area contributed by atoms with Crippen molar-refractivity contribution < 1.29 is 4.79 Å². The second-order valence-corrected chi connectivity index (χ2v) is 5.82. The Morgan fingerprint density at radius 2 is 1.73 bits per heavy atom. The van der Waals surface area contributed by atoms with Crippen LogP contribution in [0.3, 0.4) is 0 Å². The molecule has 3 aromatic rings. The van der Waals surface area contributed by atoms with E-state index in [1.165, 1.54) is 0 Å². The first kappa shape index (κ1) is 13.0. The fourth-order valence-corrected chi connectivity index (χ4v) is 2.92. The summed E-state index contributed by atoms with van der Waals surface area (Å²) in [5, 5.41) is 4.07. The molecule has 108 valence electrons. The van der Waals surface area contributed by atoms with Gasteiger partial charge >= 0.3 is 0 Å². The molecule has 0 bridgehead atoms. The number of carbonyl (C=O) groups is 1. The SMILES string of the molecule is O=C(Nc1cnc2ccccc2c1)C1(c2ccccc2)CC1. The molecule has 0 atom stereocenters. The molecule has 1 saturated carbocycles. The summed E-state index contributed by atoms with van der Waals surface area (Å²) in [6, 6.07) is 19.9. The average Bonchev–Trinajstić information content (AvgIpc) is 3.37. The highest BCUT2D eigenvalue weighted by molar-refractivity contribution is 6.02. The van der Waals surface area contributed by atoms with E-state index < -0.39 is 0 Å². The van der Waals surface area contributed by atoms with Crippen molar-refractivity contribution in [2.75, 3.05) is 5.32 Å². The summed E-state index contributed by atoms with van der Waals surface area (Å²) >= 11 is 0. The highest BCUT2D eigenvalue weighted by Gasteiger charge is 2.51. The minimum Gasteiger partial charge on any atom is -0.324 e. The zero-order valence-corrected chi connectivity index (χ0v) is 12.1. The fourth-order valence-electron chi connectivity index (χ4n) is 2.92. The zero-order chi connectivity index (χ0) is 15.0. The van der Waals surface area contributed by atoms with E-state index in [9.17, 15) is 4.79 Å². The van der Waals surface area contributed by atoms with Gasteiger partial charge in [0.25, 0.3) is 0 Å². The molecule has 1 heterocycles. The van der Waals surface area contributed by atoms with E-state index in [1.54, 1.807) is 6.20 Å². The van der Waals surface area contributed by atoms with Gasteiger partial charge in [-0.2, -0.15) is 0 Å². The summed E-state index contributed by atoms with van der Waals surface area (Å²) in [6.07, 6.45) is 3.54. The summed E-state index contributed by atoms with van der Waals surface area (Å²) < 4.78 is 0. The molecule has 0 spiro atoms. The van der Waals surface area contributed by atoms with E-state index >= 15 is 0 Å². The van der Waals surface area contributed by atoms with Gasteiger partial charge < -0.3 is 5.32 Å². The molecule has 1 amide bonds. The Balaban J connectivity index is 1.61. The van der Waals surface area contributed by atoms with E-state index in [1.807, 2.05) is 60.7 Å². The van der Waals surface area contributed by atoms with Crippen LogP contribution < -0.4 is 5.32 Å². The third kappa shape index (κ3) is 2.15. The van der Waals surface area contributed by atoms with Crippen LogP contribution in [0.2, 0.25) is 0 Å². The van der Waals surface area contributed by atoms with Crippen molar-refractivity contribution in [3.05, 3.63) is 72.4 Å². The predicted molar refractivity (Wildman–Crippen MR) is 87.7 cm³/mol. The molecule has 0 saturated heterocycles. The summed E-state index contributed by atoms with van der Waals surface area (Å²) in [5.41, 5.74) is 2.43. The maximum Gasteiger partial charge on any atom is 0.235 e. The molecule has 1 N–H and O–H groups in total. The summed E-state index contributed by atoms with van der Waals surface area (Å²) in [5.74, 6) is 0.0655. The Hall–Kier alpha value is -2.68. The zero-order valence-electron chi connectivity index (χ0n) is 12.1. The van der Waals surface area contributed by atoms with E-state index in [0.29, 0.717) is 0 Å². The second kappa shape index (κ2) is 4.95.